The Kier molecular flexibility index (Phi) is 4.88. The summed E-state index contributed by atoms with van der Waals surface area (Å²) in [6, 6.07) is 12.3. The van der Waals surface area contributed by atoms with Crippen molar-refractivity contribution < 1.29 is 14.3 Å². The molecule has 1 amide bonds. The van der Waals surface area contributed by atoms with Gasteiger partial charge in [-0.15, -0.1) is 0 Å². The minimum absolute atomic E-state index is 0.0641. The third-order valence-corrected chi connectivity index (χ3v) is 4.09. The molecule has 0 unspecified atom stereocenters. The van der Waals surface area contributed by atoms with Crippen molar-refractivity contribution in [3.05, 3.63) is 64.2 Å². The van der Waals surface area contributed by atoms with Crippen LogP contribution < -0.4 is 20.3 Å². The smallest absolute Gasteiger partial charge is 0.287 e. The first-order chi connectivity index (χ1) is 12.5. The average Bonchev–Trinajstić information content (AvgIpc) is 2.68. The molecule has 0 atom stereocenters. The lowest BCUT2D eigenvalue weighted by atomic mass is 10.2. The Labute approximate surface area is 150 Å². The third kappa shape index (κ3) is 3.23. The average molecular weight is 353 g/mol. The molecule has 0 aliphatic heterocycles. The summed E-state index contributed by atoms with van der Waals surface area (Å²) >= 11 is 0. The highest BCUT2D eigenvalue weighted by atomic mass is 16.5. The second-order valence-electron chi connectivity index (χ2n) is 5.69. The summed E-state index contributed by atoms with van der Waals surface area (Å²) in [6.07, 6.45) is 0. The molecule has 1 aromatic heterocycles. The van der Waals surface area contributed by atoms with Crippen LogP contribution in [0.25, 0.3) is 10.9 Å². The number of carbonyl (C=O) groups excluding carboxylic acids is 1. The van der Waals surface area contributed by atoms with E-state index in [1.807, 2.05) is 6.07 Å². The zero-order valence-corrected chi connectivity index (χ0v) is 14.8. The summed E-state index contributed by atoms with van der Waals surface area (Å²) in [6.45, 7) is 0.266. The van der Waals surface area contributed by atoms with Crippen LogP contribution in [-0.2, 0) is 13.6 Å². The summed E-state index contributed by atoms with van der Waals surface area (Å²) in [5.74, 6) is 0.830. The Morgan fingerprint density at radius 3 is 2.58 bits per heavy atom. The molecule has 0 fully saturated rings. The number of hydrogen-bond acceptors (Lipinski definition) is 5. The number of nitrogens with zero attached hydrogens (tertiary/aromatic N) is 2. The molecule has 3 rings (SSSR count). The van der Waals surface area contributed by atoms with Crippen LogP contribution in [0.4, 0.5) is 0 Å². The van der Waals surface area contributed by atoms with Crippen LogP contribution in [0.15, 0.2) is 47.3 Å². The number of hydrogen-bond donors (Lipinski definition) is 1. The minimum atomic E-state index is -0.426. The Morgan fingerprint density at radius 1 is 1.12 bits per heavy atom. The van der Waals surface area contributed by atoms with Crippen molar-refractivity contribution in [2.45, 2.75) is 6.54 Å². The summed E-state index contributed by atoms with van der Waals surface area (Å²) in [5, 5.41) is 3.26. The molecule has 0 radical (unpaired) electrons. The predicted molar refractivity (Wildman–Crippen MR) is 97.7 cm³/mol. The number of methoxy groups -OCH3 is 2. The van der Waals surface area contributed by atoms with Crippen molar-refractivity contribution >= 4 is 16.8 Å². The maximum atomic E-state index is 12.5. The highest BCUT2D eigenvalue weighted by Gasteiger charge is 2.15. The number of para-hydroxylation sites is 1. The number of fused-ring (bicyclic) bond motifs is 1. The molecule has 0 saturated carbocycles. The van der Waals surface area contributed by atoms with Crippen LogP contribution >= 0.6 is 0 Å². The van der Waals surface area contributed by atoms with Crippen LogP contribution in [0.3, 0.4) is 0 Å². The maximum Gasteiger partial charge on any atom is 0.287 e. The highest BCUT2D eigenvalue weighted by molar-refractivity contribution is 5.92. The molecule has 0 aliphatic rings. The normalized spacial score (nSPS) is 10.6. The molecule has 1 heterocycles. The van der Waals surface area contributed by atoms with E-state index in [-0.39, 0.29) is 17.9 Å². The molecular formula is C19H19N3O4. The van der Waals surface area contributed by atoms with Gasteiger partial charge in [0.2, 0.25) is 5.82 Å². The van der Waals surface area contributed by atoms with Gasteiger partial charge in [0.15, 0.2) is 11.5 Å². The fourth-order valence-corrected chi connectivity index (χ4v) is 2.67. The van der Waals surface area contributed by atoms with E-state index < -0.39 is 5.91 Å². The van der Waals surface area contributed by atoms with Crippen molar-refractivity contribution in [1.82, 2.24) is 14.9 Å². The molecule has 0 aliphatic carbocycles. The monoisotopic (exact) mass is 353 g/mol. The molecule has 1 N–H and O–H groups in total. The quantitative estimate of drug-likeness (QED) is 0.757. The molecule has 0 bridgehead atoms. The molecule has 7 nitrogen and oxygen atoms in total. The van der Waals surface area contributed by atoms with Crippen molar-refractivity contribution in [3.63, 3.8) is 0 Å². The molecule has 0 spiro atoms. The van der Waals surface area contributed by atoms with Crippen LogP contribution in [-0.4, -0.2) is 29.7 Å². The maximum absolute atomic E-state index is 12.5. The number of amides is 1. The molecule has 3 aromatic rings. The van der Waals surface area contributed by atoms with Crippen LogP contribution in [0.5, 0.6) is 11.5 Å². The molecule has 2 aromatic carbocycles. The molecule has 134 valence electrons. The van der Waals surface area contributed by atoms with Gasteiger partial charge in [-0.2, -0.15) is 0 Å². The van der Waals surface area contributed by atoms with E-state index in [0.717, 1.165) is 5.56 Å². The van der Waals surface area contributed by atoms with Gasteiger partial charge in [0, 0.05) is 13.6 Å². The standard InChI is InChI=1S/C19H19N3O4/c1-22-17(21-14-7-5-4-6-13(14)19(22)24)18(23)20-11-12-8-9-15(25-2)16(10-12)26-3/h4-10H,11H2,1-3H3,(H,20,23). The summed E-state index contributed by atoms with van der Waals surface area (Å²) < 4.78 is 11.7. The summed E-state index contributed by atoms with van der Waals surface area (Å²) in [7, 11) is 4.65. The van der Waals surface area contributed by atoms with Crippen molar-refractivity contribution in [3.8, 4) is 11.5 Å². The number of ether oxygens (including phenoxy) is 2. The second kappa shape index (κ2) is 7.26. The third-order valence-electron chi connectivity index (χ3n) is 4.09. The lowest BCUT2D eigenvalue weighted by Crippen LogP contribution is -2.32. The SMILES string of the molecule is COc1ccc(CNC(=O)c2nc3ccccc3c(=O)n2C)cc1OC. The number of aromatic nitrogens is 2. The van der Waals surface area contributed by atoms with Crippen LogP contribution in [0, 0.1) is 0 Å². The van der Waals surface area contributed by atoms with Crippen LogP contribution in [0.2, 0.25) is 0 Å². The number of benzene rings is 2. The van der Waals surface area contributed by atoms with Crippen molar-refractivity contribution in [1.29, 1.82) is 0 Å². The molecular weight excluding hydrogens is 334 g/mol. The van der Waals surface area contributed by atoms with E-state index in [2.05, 4.69) is 10.3 Å². The van der Waals surface area contributed by atoms with Gasteiger partial charge < -0.3 is 14.8 Å². The largest absolute Gasteiger partial charge is 0.493 e. The van der Waals surface area contributed by atoms with Crippen molar-refractivity contribution in [2.24, 2.45) is 7.05 Å². The summed E-state index contributed by atoms with van der Waals surface area (Å²) in [5.41, 5.74) is 1.07. The first kappa shape index (κ1) is 17.5. The van der Waals surface area contributed by atoms with Gasteiger partial charge in [-0.1, -0.05) is 18.2 Å². The van der Waals surface area contributed by atoms with E-state index in [4.69, 9.17) is 9.47 Å². The first-order valence-electron chi connectivity index (χ1n) is 8.00. The fraction of sp³-hybridized carbons (Fsp3) is 0.211. The van der Waals surface area contributed by atoms with Crippen molar-refractivity contribution in [2.75, 3.05) is 14.2 Å². The van der Waals surface area contributed by atoms with Gasteiger partial charge in [0.1, 0.15) is 0 Å². The van der Waals surface area contributed by atoms with Gasteiger partial charge in [-0.25, -0.2) is 4.98 Å². The highest BCUT2D eigenvalue weighted by Crippen LogP contribution is 2.27. The Morgan fingerprint density at radius 2 is 1.85 bits per heavy atom. The summed E-state index contributed by atoms with van der Waals surface area (Å²) in [4.78, 5) is 29.2. The predicted octanol–water partition coefficient (Wildman–Crippen LogP) is 1.88. The Balaban J connectivity index is 1.84. The second-order valence-corrected chi connectivity index (χ2v) is 5.69. The molecule has 0 saturated heterocycles. The molecule has 7 heteroatoms. The zero-order valence-electron chi connectivity index (χ0n) is 14.8. The van der Waals surface area contributed by atoms with E-state index in [1.165, 1.54) is 11.6 Å². The van der Waals surface area contributed by atoms with Gasteiger partial charge in [-0.05, 0) is 29.8 Å². The minimum Gasteiger partial charge on any atom is -0.493 e. The van der Waals surface area contributed by atoms with E-state index in [0.29, 0.717) is 22.4 Å². The van der Waals surface area contributed by atoms with E-state index in [9.17, 15) is 9.59 Å². The van der Waals surface area contributed by atoms with Gasteiger partial charge in [-0.3, -0.25) is 14.2 Å². The Bertz CT molecular complexity index is 1030. The van der Waals surface area contributed by atoms with E-state index in [1.54, 1.807) is 50.6 Å². The van der Waals surface area contributed by atoms with Crippen LogP contribution in [0.1, 0.15) is 16.2 Å². The van der Waals surface area contributed by atoms with Gasteiger partial charge in [0.05, 0.1) is 25.1 Å². The number of rotatable bonds is 5. The number of carbonyl (C=O) groups is 1. The molecule has 26 heavy (non-hydrogen) atoms. The fourth-order valence-electron chi connectivity index (χ4n) is 2.67. The lowest BCUT2D eigenvalue weighted by Gasteiger charge is -2.11. The first-order valence-corrected chi connectivity index (χ1v) is 8.00. The lowest BCUT2D eigenvalue weighted by molar-refractivity contribution is 0.0936. The number of nitrogens with one attached hydrogen (secondary N) is 1. The van der Waals surface area contributed by atoms with E-state index >= 15 is 0 Å². The Hall–Kier alpha value is -3.35. The zero-order chi connectivity index (χ0) is 18.7. The van der Waals surface area contributed by atoms with Gasteiger partial charge >= 0.3 is 0 Å². The van der Waals surface area contributed by atoms with Gasteiger partial charge in [0.25, 0.3) is 11.5 Å². The topological polar surface area (TPSA) is 82.5 Å².